The van der Waals surface area contributed by atoms with Crippen molar-refractivity contribution in [1.82, 2.24) is 0 Å². The van der Waals surface area contributed by atoms with Crippen LogP contribution in [0.1, 0.15) is 13.8 Å². The summed E-state index contributed by atoms with van der Waals surface area (Å²) in [5.74, 6) is -2.28. The van der Waals surface area contributed by atoms with Gasteiger partial charge in [-0.2, -0.15) is 0 Å². The summed E-state index contributed by atoms with van der Waals surface area (Å²) in [6.07, 6.45) is 4.77. The zero-order chi connectivity index (χ0) is 9.98. The molecule has 0 unspecified atom stereocenters. The molecule has 13 heavy (non-hydrogen) atoms. The summed E-state index contributed by atoms with van der Waals surface area (Å²) < 4.78 is 0. The largest absolute Gasteiger partial charge is 2.00 e. The Hall–Kier alpha value is -0.658. The quantitative estimate of drug-likeness (QED) is 0.422. The van der Waals surface area contributed by atoms with Crippen LogP contribution in [0.5, 0.6) is 0 Å². The molecule has 0 aromatic rings. The monoisotopic (exact) mass is 378 g/mol. The van der Waals surface area contributed by atoms with Crippen molar-refractivity contribution < 1.29 is 19.8 Å². The van der Waals surface area contributed by atoms with Crippen LogP contribution in [0.25, 0.3) is 0 Å². The number of carboxylic acids is 2. The molecule has 0 saturated heterocycles. The van der Waals surface area contributed by atoms with Gasteiger partial charge in [-0.15, -0.1) is 0 Å². The summed E-state index contributed by atoms with van der Waals surface area (Å²) in [6.45, 7) is 3.24. The van der Waals surface area contributed by atoms with Crippen LogP contribution in [-0.4, -0.2) is 39.2 Å². The van der Waals surface area contributed by atoms with Crippen LogP contribution < -0.4 is 10.2 Å². The first kappa shape index (κ1) is 18.2. The smallest absolute Gasteiger partial charge is 0.545 e. The molecule has 0 aliphatic heterocycles. The number of carbonyl (C=O) groups excluding carboxylic acids is 2. The van der Waals surface area contributed by atoms with Gasteiger partial charge < -0.3 is 19.8 Å². The van der Waals surface area contributed by atoms with E-state index in [1.165, 1.54) is 12.2 Å². The molecule has 0 bridgehead atoms. The Kier molecular flexibility index (Phi) is 19.5. The van der Waals surface area contributed by atoms with Crippen molar-refractivity contribution in [3.8, 4) is 0 Å². The van der Waals surface area contributed by atoms with Crippen LogP contribution in [0.3, 0.4) is 0 Å². The second-order valence-electron chi connectivity index (χ2n) is 1.64. The Morgan fingerprint density at radius 2 is 1.15 bits per heavy atom. The van der Waals surface area contributed by atoms with Crippen LogP contribution in [0.15, 0.2) is 24.3 Å². The van der Waals surface area contributed by atoms with Crippen molar-refractivity contribution in [2.45, 2.75) is 13.8 Å². The first-order valence-corrected chi connectivity index (χ1v) is 3.22. The van der Waals surface area contributed by atoms with Crippen molar-refractivity contribution in [2.24, 2.45) is 0 Å². The normalized spacial score (nSPS) is 8.77. The van der Waals surface area contributed by atoms with E-state index in [-0.39, 0.29) is 27.3 Å². The molecule has 2 radical (unpaired) electrons. The molecule has 0 aromatic heterocycles. The zero-order valence-corrected chi connectivity index (χ0v) is 11.3. The van der Waals surface area contributed by atoms with E-state index in [1.807, 2.05) is 0 Å². The molecule has 5 heteroatoms. The van der Waals surface area contributed by atoms with Crippen molar-refractivity contribution in [2.75, 3.05) is 0 Å². The molecule has 0 fully saturated rings. The maximum absolute atomic E-state index is 9.40. The first-order chi connectivity index (χ1) is 5.54. The molecule has 0 N–H and O–H groups in total. The van der Waals surface area contributed by atoms with Gasteiger partial charge in [0.25, 0.3) is 0 Å². The minimum absolute atomic E-state index is 0. The third-order valence-electron chi connectivity index (χ3n) is 0.605. The summed E-state index contributed by atoms with van der Waals surface area (Å²) >= 11 is 0. The molecule has 0 amide bonds. The fourth-order valence-corrected chi connectivity index (χ4v) is 0.272. The Morgan fingerprint density at radius 1 is 0.923 bits per heavy atom. The minimum atomic E-state index is -1.14. The van der Waals surface area contributed by atoms with Crippen LogP contribution in [0.4, 0.5) is 0 Å². The third-order valence-corrected chi connectivity index (χ3v) is 0.605. The average Bonchev–Trinajstić information content (AvgIpc) is 1.87. The molecule has 0 aliphatic carbocycles. The summed E-state index contributed by atoms with van der Waals surface area (Å²) in [5.41, 5.74) is 0. The van der Waals surface area contributed by atoms with Crippen LogP contribution in [0.2, 0.25) is 0 Å². The van der Waals surface area contributed by atoms with Gasteiger partial charge in [0.2, 0.25) is 0 Å². The van der Waals surface area contributed by atoms with Gasteiger partial charge in [-0.1, -0.05) is 12.2 Å². The number of aliphatic carboxylic acids is 2. The minimum Gasteiger partial charge on any atom is -0.545 e. The second-order valence-corrected chi connectivity index (χ2v) is 1.64. The van der Waals surface area contributed by atoms with E-state index in [4.69, 9.17) is 0 Å². The third kappa shape index (κ3) is 34.7. The molecule has 4 nitrogen and oxygen atoms in total. The van der Waals surface area contributed by atoms with Crippen LogP contribution in [0, 0.1) is 0 Å². The number of rotatable bonds is 2. The van der Waals surface area contributed by atoms with Crippen LogP contribution in [-0.2, 0) is 9.59 Å². The molecular formula is C8H10O4Pb. The van der Waals surface area contributed by atoms with E-state index in [2.05, 4.69) is 0 Å². The molecule has 0 heterocycles. The van der Waals surface area contributed by atoms with Gasteiger partial charge >= 0.3 is 27.3 Å². The summed E-state index contributed by atoms with van der Waals surface area (Å²) in [6, 6.07) is 0. The van der Waals surface area contributed by atoms with E-state index in [0.29, 0.717) is 0 Å². The van der Waals surface area contributed by atoms with Crippen molar-refractivity contribution >= 4 is 39.2 Å². The molecule has 0 rings (SSSR count). The molecule has 0 spiro atoms. The molecule has 0 aromatic carbocycles. The number of hydrogen-bond acceptors (Lipinski definition) is 4. The average molecular weight is 377 g/mol. The number of hydrogen-bond donors (Lipinski definition) is 0. The van der Waals surface area contributed by atoms with E-state index in [0.717, 1.165) is 12.2 Å². The Balaban J connectivity index is -0.000000143. The Labute approximate surface area is 97.1 Å². The molecular weight excluding hydrogens is 367 g/mol. The van der Waals surface area contributed by atoms with Crippen molar-refractivity contribution in [3.63, 3.8) is 0 Å². The van der Waals surface area contributed by atoms with Gasteiger partial charge in [0.1, 0.15) is 0 Å². The Morgan fingerprint density at radius 3 is 1.15 bits per heavy atom. The van der Waals surface area contributed by atoms with Gasteiger partial charge in [0.15, 0.2) is 0 Å². The van der Waals surface area contributed by atoms with Gasteiger partial charge in [0.05, 0.1) is 11.9 Å². The molecule has 0 aliphatic rings. The van der Waals surface area contributed by atoms with Crippen molar-refractivity contribution in [3.05, 3.63) is 24.3 Å². The van der Waals surface area contributed by atoms with E-state index in [1.54, 1.807) is 13.8 Å². The summed E-state index contributed by atoms with van der Waals surface area (Å²) in [7, 11) is 0. The Bertz CT molecular complexity index is 174. The maximum Gasteiger partial charge on any atom is 2.00 e. The standard InChI is InChI=1S/2C4H6O2.Pb/c2*1-2-3-4(5)6;/h2*2-3H,1H3,(H,5,6);/q;;+2/p-2/b2*3-2+;. The summed E-state index contributed by atoms with van der Waals surface area (Å²) in [5, 5.41) is 18.8. The van der Waals surface area contributed by atoms with Crippen LogP contribution >= 0.6 is 0 Å². The second kappa shape index (κ2) is 13.9. The van der Waals surface area contributed by atoms with Gasteiger partial charge in [-0.25, -0.2) is 0 Å². The maximum atomic E-state index is 9.40. The molecule has 70 valence electrons. The topological polar surface area (TPSA) is 80.3 Å². The van der Waals surface area contributed by atoms with E-state index < -0.39 is 11.9 Å². The van der Waals surface area contributed by atoms with Gasteiger partial charge in [0, 0.05) is 0 Å². The summed E-state index contributed by atoms with van der Waals surface area (Å²) in [4.78, 5) is 18.8. The zero-order valence-electron chi connectivity index (χ0n) is 7.44. The molecule has 0 saturated carbocycles. The van der Waals surface area contributed by atoms with E-state index in [9.17, 15) is 19.8 Å². The predicted molar refractivity (Wildman–Crippen MR) is 45.4 cm³/mol. The fraction of sp³-hybridized carbons (Fsp3) is 0.250. The van der Waals surface area contributed by atoms with Crippen molar-refractivity contribution in [1.29, 1.82) is 0 Å². The van der Waals surface area contributed by atoms with Gasteiger partial charge in [-0.3, -0.25) is 0 Å². The first-order valence-electron chi connectivity index (χ1n) is 3.22. The fourth-order valence-electron chi connectivity index (χ4n) is 0.272. The SMILES string of the molecule is C/C=C/C(=O)[O-].C/C=C/C(=O)[O-].[Pb+2]. The number of carboxylic acid groups (broad SMARTS) is 2. The molecule has 0 atom stereocenters. The van der Waals surface area contributed by atoms with E-state index >= 15 is 0 Å². The van der Waals surface area contributed by atoms with Gasteiger partial charge in [-0.05, 0) is 26.0 Å². The number of allylic oxidation sites excluding steroid dienone is 2. The number of carbonyl (C=O) groups is 2. The predicted octanol–water partition coefficient (Wildman–Crippen LogP) is -1.76.